The highest BCUT2D eigenvalue weighted by molar-refractivity contribution is 6.50. The smallest absolute Gasteiger partial charge is 0.259 e. The molecule has 0 bridgehead atoms. The van der Waals surface area contributed by atoms with Gasteiger partial charge in [-0.15, -0.1) is 0 Å². The van der Waals surface area contributed by atoms with Crippen LogP contribution in [0.1, 0.15) is 25.2 Å². The lowest BCUT2D eigenvalue weighted by molar-refractivity contribution is 0.866. The summed E-state index contributed by atoms with van der Waals surface area (Å²) in [5.41, 5.74) is 2.57. The molecule has 0 aliphatic carbocycles. The standard InChI is InChI=1S/C20H20ClN3O/c1-3-24(4-2)15-11-9-14(10-12-15)13-17(21)19-22-18-8-6-5-7-16(18)20(25)23-19/h5-13H,3-4H2,1-2H3,(H,22,23,25)/b17-13-. The number of anilines is 1. The van der Waals surface area contributed by atoms with Gasteiger partial charge < -0.3 is 9.88 Å². The van der Waals surface area contributed by atoms with Crippen LogP contribution in [0.15, 0.2) is 53.3 Å². The molecule has 0 saturated heterocycles. The maximum Gasteiger partial charge on any atom is 0.259 e. The SMILES string of the molecule is CCN(CC)c1ccc(/C=C(\Cl)c2nc3ccccc3c(=O)[nH]2)cc1. The number of rotatable bonds is 5. The topological polar surface area (TPSA) is 49.0 Å². The van der Waals surface area contributed by atoms with Crippen LogP contribution in [-0.4, -0.2) is 23.1 Å². The molecule has 3 rings (SSSR count). The first-order valence-corrected chi connectivity index (χ1v) is 8.71. The number of para-hydroxylation sites is 1. The minimum absolute atomic E-state index is 0.191. The molecule has 1 aromatic heterocycles. The highest BCUT2D eigenvalue weighted by Gasteiger charge is 2.07. The van der Waals surface area contributed by atoms with E-state index in [2.05, 4.69) is 40.8 Å². The van der Waals surface area contributed by atoms with Crippen molar-refractivity contribution in [1.29, 1.82) is 0 Å². The van der Waals surface area contributed by atoms with Crippen molar-refractivity contribution in [3.63, 3.8) is 0 Å². The molecule has 0 fully saturated rings. The van der Waals surface area contributed by atoms with Crippen LogP contribution in [-0.2, 0) is 0 Å². The number of fused-ring (bicyclic) bond motifs is 1. The molecule has 0 radical (unpaired) electrons. The zero-order valence-corrected chi connectivity index (χ0v) is 15.0. The van der Waals surface area contributed by atoms with Gasteiger partial charge in [0.25, 0.3) is 5.56 Å². The van der Waals surface area contributed by atoms with E-state index in [0.717, 1.165) is 18.7 Å². The van der Waals surface area contributed by atoms with E-state index in [9.17, 15) is 4.79 Å². The first-order valence-electron chi connectivity index (χ1n) is 8.34. The van der Waals surface area contributed by atoms with E-state index in [4.69, 9.17) is 11.6 Å². The molecule has 4 nitrogen and oxygen atoms in total. The van der Waals surface area contributed by atoms with Crippen molar-refractivity contribution in [2.75, 3.05) is 18.0 Å². The third-order valence-electron chi connectivity index (χ3n) is 4.15. The Labute approximate surface area is 151 Å². The molecular formula is C20H20ClN3O. The third kappa shape index (κ3) is 3.74. The molecule has 0 unspecified atom stereocenters. The minimum atomic E-state index is -0.191. The van der Waals surface area contributed by atoms with Crippen LogP contribution < -0.4 is 10.5 Å². The summed E-state index contributed by atoms with van der Waals surface area (Å²) in [6.07, 6.45) is 1.81. The number of nitrogens with zero attached hydrogens (tertiary/aromatic N) is 2. The Hall–Kier alpha value is -2.59. The monoisotopic (exact) mass is 353 g/mol. The van der Waals surface area contributed by atoms with Crippen LogP contribution in [0.5, 0.6) is 0 Å². The van der Waals surface area contributed by atoms with Gasteiger partial charge in [0.2, 0.25) is 0 Å². The first-order chi connectivity index (χ1) is 12.1. The van der Waals surface area contributed by atoms with E-state index in [0.29, 0.717) is 21.8 Å². The molecule has 2 aromatic carbocycles. The Bertz CT molecular complexity index is 957. The van der Waals surface area contributed by atoms with E-state index in [1.807, 2.05) is 24.3 Å². The second-order valence-corrected chi connectivity index (χ2v) is 6.09. The fraction of sp³-hybridized carbons (Fsp3) is 0.200. The van der Waals surface area contributed by atoms with Crippen molar-refractivity contribution in [2.45, 2.75) is 13.8 Å². The van der Waals surface area contributed by atoms with Gasteiger partial charge in [-0.05, 0) is 49.8 Å². The second kappa shape index (κ2) is 7.53. The summed E-state index contributed by atoms with van der Waals surface area (Å²) in [5, 5.41) is 0.956. The largest absolute Gasteiger partial charge is 0.372 e. The molecule has 25 heavy (non-hydrogen) atoms. The Morgan fingerprint density at radius 2 is 1.80 bits per heavy atom. The predicted octanol–water partition coefficient (Wildman–Crippen LogP) is 4.51. The van der Waals surface area contributed by atoms with Crippen LogP contribution in [0.4, 0.5) is 5.69 Å². The number of halogens is 1. The molecule has 1 N–H and O–H groups in total. The minimum Gasteiger partial charge on any atom is -0.372 e. The maximum absolute atomic E-state index is 12.2. The molecule has 0 saturated carbocycles. The molecule has 0 atom stereocenters. The summed E-state index contributed by atoms with van der Waals surface area (Å²) < 4.78 is 0. The van der Waals surface area contributed by atoms with Crippen molar-refractivity contribution in [1.82, 2.24) is 9.97 Å². The lowest BCUT2D eigenvalue weighted by atomic mass is 10.1. The highest BCUT2D eigenvalue weighted by atomic mass is 35.5. The van der Waals surface area contributed by atoms with E-state index in [1.165, 1.54) is 5.69 Å². The molecule has 128 valence electrons. The number of hydrogen-bond acceptors (Lipinski definition) is 3. The zero-order valence-electron chi connectivity index (χ0n) is 14.3. The second-order valence-electron chi connectivity index (χ2n) is 5.69. The molecule has 3 aromatic rings. The molecule has 0 spiro atoms. The summed E-state index contributed by atoms with van der Waals surface area (Å²) in [4.78, 5) is 21.6. The number of nitrogens with one attached hydrogen (secondary N) is 1. The number of benzene rings is 2. The maximum atomic E-state index is 12.2. The van der Waals surface area contributed by atoms with Crippen LogP contribution in [0.25, 0.3) is 22.0 Å². The summed E-state index contributed by atoms with van der Waals surface area (Å²) in [6, 6.07) is 15.4. The van der Waals surface area contributed by atoms with Gasteiger partial charge in [0.05, 0.1) is 15.9 Å². The lowest BCUT2D eigenvalue weighted by Crippen LogP contribution is -2.21. The van der Waals surface area contributed by atoms with Crippen LogP contribution in [0, 0.1) is 0 Å². The lowest BCUT2D eigenvalue weighted by Gasteiger charge is -2.20. The highest BCUT2D eigenvalue weighted by Crippen LogP contribution is 2.22. The summed E-state index contributed by atoms with van der Waals surface area (Å²) in [6.45, 7) is 6.20. The average Bonchev–Trinajstić information content (AvgIpc) is 2.64. The summed E-state index contributed by atoms with van der Waals surface area (Å²) in [7, 11) is 0. The van der Waals surface area contributed by atoms with Crippen molar-refractivity contribution >= 4 is 39.3 Å². The zero-order chi connectivity index (χ0) is 17.8. The number of aromatic amines is 1. The van der Waals surface area contributed by atoms with E-state index in [-0.39, 0.29) is 5.56 Å². The Morgan fingerprint density at radius 3 is 2.48 bits per heavy atom. The van der Waals surface area contributed by atoms with E-state index in [1.54, 1.807) is 18.2 Å². The van der Waals surface area contributed by atoms with Gasteiger partial charge in [-0.1, -0.05) is 35.9 Å². The van der Waals surface area contributed by atoms with Gasteiger partial charge in [-0.3, -0.25) is 4.79 Å². The molecule has 0 aliphatic rings. The van der Waals surface area contributed by atoms with Crippen molar-refractivity contribution in [2.24, 2.45) is 0 Å². The van der Waals surface area contributed by atoms with Gasteiger partial charge in [0, 0.05) is 18.8 Å². The predicted molar refractivity (Wildman–Crippen MR) is 106 cm³/mol. The molecule has 1 heterocycles. The molecule has 0 amide bonds. The molecule has 0 aliphatic heterocycles. The van der Waals surface area contributed by atoms with Gasteiger partial charge in [0.1, 0.15) is 0 Å². The average molecular weight is 354 g/mol. The summed E-state index contributed by atoms with van der Waals surface area (Å²) in [5.74, 6) is 0.373. The van der Waals surface area contributed by atoms with Crippen LogP contribution >= 0.6 is 11.6 Å². The number of aromatic nitrogens is 2. The van der Waals surface area contributed by atoms with Crippen molar-refractivity contribution < 1.29 is 0 Å². The van der Waals surface area contributed by atoms with Gasteiger partial charge in [0.15, 0.2) is 5.82 Å². The fourth-order valence-electron chi connectivity index (χ4n) is 2.78. The van der Waals surface area contributed by atoms with Crippen LogP contribution in [0.2, 0.25) is 0 Å². The van der Waals surface area contributed by atoms with E-state index < -0.39 is 0 Å². The summed E-state index contributed by atoms with van der Waals surface area (Å²) >= 11 is 6.39. The van der Waals surface area contributed by atoms with Crippen molar-refractivity contribution in [3.05, 3.63) is 70.3 Å². The fourth-order valence-corrected chi connectivity index (χ4v) is 3.00. The normalized spacial score (nSPS) is 11.7. The number of H-pyrrole nitrogens is 1. The van der Waals surface area contributed by atoms with Crippen LogP contribution in [0.3, 0.4) is 0 Å². The Kier molecular flexibility index (Phi) is 5.19. The molecule has 5 heteroatoms. The number of hydrogen-bond donors (Lipinski definition) is 1. The Morgan fingerprint density at radius 1 is 1.12 bits per heavy atom. The van der Waals surface area contributed by atoms with Gasteiger partial charge >= 0.3 is 0 Å². The van der Waals surface area contributed by atoms with E-state index >= 15 is 0 Å². The first kappa shape index (κ1) is 17.2. The molecular weight excluding hydrogens is 334 g/mol. The third-order valence-corrected chi connectivity index (χ3v) is 4.44. The Balaban J connectivity index is 1.92. The quantitative estimate of drug-likeness (QED) is 0.734. The van der Waals surface area contributed by atoms with Gasteiger partial charge in [-0.2, -0.15) is 0 Å². The van der Waals surface area contributed by atoms with Crippen molar-refractivity contribution in [3.8, 4) is 0 Å². The van der Waals surface area contributed by atoms with Gasteiger partial charge in [-0.25, -0.2) is 4.98 Å².